The first-order valence-electron chi connectivity index (χ1n) is 5.91. The van der Waals surface area contributed by atoms with Crippen molar-refractivity contribution < 1.29 is 4.79 Å². The molecule has 2 amide bonds. The maximum absolute atomic E-state index is 12.3. The third-order valence-electron chi connectivity index (χ3n) is 2.54. The molecular formula is C12H26N2O. The normalized spacial score (nSPS) is 11.3. The lowest BCUT2D eigenvalue weighted by molar-refractivity contribution is 0.116. The summed E-state index contributed by atoms with van der Waals surface area (Å²) in [7, 11) is 0. The maximum Gasteiger partial charge on any atom is 0.320 e. The molecule has 0 saturated heterocycles. The predicted molar refractivity (Wildman–Crippen MR) is 65.0 cm³/mol. The number of hydrogen-bond donors (Lipinski definition) is 0. The summed E-state index contributed by atoms with van der Waals surface area (Å²) in [5.41, 5.74) is 0. The van der Waals surface area contributed by atoms with E-state index < -0.39 is 0 Å². The number of carbonyl (C=O) groups is 1. The second kappa shape index (κ2) is 5.99. The van der Waals surface area contributed by atoms with Gasteiger partial charge < -0.3 is 9.80 Å². The molecule has 0 aromatic carbocycles. The van der Waals surface area contributed by atoms with E-state index >= 15 is 0 Å². The monoisotopic (exact) mass is 214 g/mol. The molecule has 0 saturated carbocycles. The molecular weight excluding hydrogens is 188 g/mol. The molecule has 0 aromatic heterocycles. The van der Waals surface area contributed by atoms with Crippen LogP contribution in [0.3, 0.4) is 0 Å². The van der Waals surface area contributed by atoms with Crippen LogP contribution in [0.4, 0.5) is 4.79 Å². The molecule has 3 nitrogen and oxygen atoms in total. The summed E-state index contributed by atoms with van der Waals surface area (Å²) in [6, 6.07) is 0.926. The van der Waals surface area contributed by atoms with E-state index in [1.807, 2.05) is 16.7 Å². The SMILES string of the molecule is CCN(C(=O)N(C(C)C)C(C)C)C(C)C. The third-order valence-corrected chi connectivity index (χ3v) is 2.54. The minimum absolute atomic E-state index is 0.150. The molecule has 0 aliphatic carbocycles. The van der Waals surface area contributed by atoms with Gasteiger partial charge in [-0.25, -0.2) is 4.79 Å². The Balaban J connectivity index is 4.76. The lowest BCUT2D eigenvalue weighted by Gasteiger charge is -2.37. The van der Waals surface area contributed by atoms with E-state index in [2.05, 4.69) is 41.5 Å². The van der Waals surface area contributed by atoms with Gasteiger partial charge in [0.15, 0.2) is 0 Å². The van der Waals surface area contributed by atoms with Crippen molar-refractivity contribution in [2.45, 2.75) is 66.6 Å². The summed E-state index contributed by atoms with van der Waals surface area (Å²) in [5.74, 6) is 0. The average Bonchev–Trinajstić information content (AvgIpc) is 2.02. The molecule has 0 N–H and O–H groups in total. The van der Waals surface area contributed by atoms with Gasteiger partial charge in [-0.15, -0.1) is 0 Å². The molecule has 0 unspecified atom stereocenters. The van der Waals surface area contributed by atoms with Crippen LogP contribution in [0.15, 0.2) is 0 Å². The Bertz CT molecular complexity index is 192. The summed E-state index contributed by atoms with van der Waals surface area (Å²) in [6.45, 7) is 15.2. The Hall–Kier alpha value is -0.730. The quantitative estimate of drug-likeness (QED) is 0.705. The first-order valence-corrected chi connectivity index (χ1v) is 5.91. The van der Waals surface area contributed by atoms with Crippen LogP contribution < -0.4 is 0 Å². The highest BCUT2D eigenvalue weighted by Gasteiger charge is 2.25. The topological polar surface area (TPSA) is 23.6 Å². The minimum Gasteiger partial charge on any atom is -0.322 e. The number of nitrogens with zero attached hydrogens (tertiary/aromatic N) is 2. The second-order valence-corrected chi connectivity index (χ2v) is 4.76. The highest BCUT2D eigenvalue weighted by Crippen LogP contribution is 2.11. The van der Waals surface area contributed by atoms with Crippen molar-refractivity contribution in [3.63, 3.8) is 0 Å². The van der Waals surface area contributed by atoms with Gasteiger partial charge >= 0.3 is 6.03 Å². The van der Waals surface area contributed by atoms with Crippen LogP contribution in [-0.2, 0) is 0 Å². The van der Waals surface area contributed by atoms with E-state index in [0.29, 0.717) is 0 Å². The molecule has 0 rings (SSSR count). The lowest BCUT2D eigenvalue weighted by atomic mass is 10.2. The molecule has 0 atom stereocenters. The predicted octanol–water partition coefficient (Wildman–Crippen LogP) is 2.96. The van der Waals surface area contributed by atoms with E-state index in [1.54, 1.807) is 0 Å². The zero-order chi connectivity index (χ0) is 12.2. The van der Waals surface area contributed by atoms with Crippen LogP contribution in [0.25, 0.3) is 0 Å². The molecule has 0 aliphatic heterocycles. The summed E-state index contributed by atoms with van der Waals surface area (Å²) < 4.78 is 0. The fraction of sp³-hybridized carbons (Fsp3) is 0.917. The zero-order valence-corrected chi connectivity index (χ0v) is 11.2. The first-order chi connectivity index (χ1) is 6.82. The molecule has 0 aromatic rings. The van der Waals surface area contributed by atoms with Gasteiger partial charge in [-0.3, -0.25) is 0 Å². The van der Waals surface area contributed by atoms with E-state index in [0.717, 1.165) is 6.54 Å². The summed E-state index contributed by atoms with van der Waals surface area (Å²) >= 11 is 0. The van der Waals surface area contributed by atoms with Crippen molar-refractivity contribution >= 4 is 6.03 Å². The molecule has 0 radical (unpaired) electrons. The fourth-order valence-electron chi connectivity index (χ4n) is 1.91. The van der Waals surface area contributed by atoms with Gasteiger partial charge in [0.05, 0.1) is 0 Å². The van der Waals surface area contributed by atoms with Gasteiger partial charge in [0.25, 0.3) is 0 Å². The van der Waals surface area contributed by atoms with Gasteiger partial charge in [0.1, 0.15) is 0 Å². The molecule has 0 fully saturated rings. The number of amides is 2. The second-order valence-electron chi connectivity index (χ2n) is 4.76. The summed E-state index contributed by atoms with van der Waals surface area (Å²) in [4.78, 5) is 16.1. The van der Waals surface area contributed by atoms with Crippen LogP contribution in [0.5, 0.6) is 0 Å². The van der Waals surface area contributed by atoms with Crippen LogP contribution in [0.2, 0.25) is 0 Å². The highest BCUT2D eigenvalue weighted by molar-refractivity contribution is 5.75. The van der Waals surface area contributed by atoms with E-state index in [4.69, 9.17) is 0 Å². The van der Waals surface area contributed by atoms with Gasteiger partial charge in [0.2, 0.25) is 0 Å². The highest BCUT2D eigenvalue weighted by atomic mass is 16.2. The Kier molecular flexibility index (Phi) is 5.69. The van der Waals surface area contributed by atoms with Crippen LogP contribution in [0.1, 0.15) is 48.5 Å². The van der Waals surface area contributed by atoms with E-state index in [9.17, 15) is 4.79 Å². The smallest absolute Gasteiger partial charge is 0.320 e. The number of rotatable bonds is 4. The van der Waals surface area contributed by atoms with Crippen LogP contribution >= 0.6 is 0 Å². The van der Waals surface area contributed by atoms with Crippen molar-refractivity contribution in [2.24, 2.45) is 0 Å². The fourth-order valence-corrected chi connectivity index (χ4v) is 1.91. The van der Waals surface area contributed by atoms with E-state index in [-0.39, 0.29) is 24.2 Å². The first kappa shape index (κ1) is 14.3. The Labute approximate surface area is 94.4 Å². The van der Waals surface area contributed by atoms with Crippen molar-refractivity contribution in [2.75, 3.05) is 6.54 Å². The van der Waals surface area contributed by atoms with Gasteiger partial charge in [-0.05, 0) is 48.5 Å². The van der Waals surface area contributed by atoms with E-state index in [1.165, 1.54) is 0 Å². The molecule has 0 aliphatic rings. The largest absolute Gasteiger partial charge is 0.322 e. The molecule has 0 spiro atoms. The number of urea groups is 1. The Morgan fingerprint density at radius 1 is 0.933 bits per heavy atom. The van der Waals surface area contributed by atoms with Crippen molar-refractivity contribution in [1.82, 2.24) is 9.80 Å². The Morgan fingerprint density at radius 2 is 1.33 bits per heavy atom. The van der Waals surface area contributed by atoms with Gasteiger partial charge in [-0.2, -0.15) is 0 Å². The van der Waals surface area contributed by atoms with Crippen molar-refractivity contribution in [1.29, 1.82) is 0 Å². The summed E-state index contributed by atoms with van der Waals surface area (Å²) in [5, 5.41) is 0. The van der Waals surface area contributed by atoms with Gasteiger partial charge in [0, 0.05) is 24.7 Å². The summed E-state index contributed by atoms with van der Waals surface area (Å²) in [6.07, 6.45) is 0. The number of hydrogen-bond acceptors (Lipinski definition) is 1. The maximum atomic E-state index is 12.3. The van der Waals surface area contributed by atoms with Crippen LogP contribution in [-0.4, -0.2) is 40.5 Å². The average molecular weight is 214 g/mol. The Morgan fingerprint density at radius 3 is 1.53 bits per heavy atom. The molecule has 0 heterocycles. The van der Waals surface area contributed by atoms with Gasteiger partial charge in [-0.1, -0.05) is 0 Å². The zero-order valence-electron chi connectivity index (χ0n) is 11.2. The van der Waals surface area contributed by atoms with Crippen LogP contribution in [0, 0.1) is 0 Å². The van der Waals surface area contributed by atoms with Crippen molar-refractivity contribution in [3.8, 4) is 0 Å². The lowest BCUT2D eigenvalue weighted by Crippen LogP contribution is -2.51. The molecule has 3 heteroatoms. The minimum atomic E-state index is 0.150. The molecule has 15 heavy (non-hydrogen) atoms. The standard InChI is InChI=1S/C12H26N2O/c1-8-13(9(2)3)12(15)14(10(4)5)11(6)7/h9-11H,8H2,1-7H3. The van der Waals surface area contributed by atoms with Crippen molar-refractivity contribution in [3.05, 3.63) is 0 Å². The molecule has 0 bridgehead atoms. The number of carbonyl (C=O) groups excluding carboxylic acids is 1. The molecule has 90 valence electrons. The third kappa shape index (κ3) is 3.73.